The van der Waals surface area contributed by atoms with Crippen LogP contribution in [-0.4, -0.2) is 43.7 Å². The Morgan fingerprint density at radius 1 is 1.43 bits per heavy atom. The number of amides is 2. The van der Waals surface area contributed by atoms with Crippen LogP contribution in [0.1, 0.15) is 25.3 Å². The molecule has 1 atom stereocenters. The Morgan fingerprint density at radius 2 is 2.29 bits per heavy atom. The fraction of sp³-hybridized carbons (Fsp3) is 0.429. The molecule has 2 amide bonds. The third-order valence-electron chi connectivity index (χ3n) is 3.83. The Kier molecular flexibility index (Phi) is 3.81. The second-order valence-corrected chi connectivity index (χ2v) is 5.23. The van der Waals surface area contributed by atoms with E-state index in [1.54, 1.807) is 11.0 Å². The molecule has 0 aliphatic carbocycles. The van der Waals surface area contributed by atoms with Gasteiger partial charge in [-0.25, -0.2) is 9.48 Å². The number of likely N-dealkylation sites (tertiary alicyclic amines) is 1. The zero-order valence-corrected chi connectivity index (χ0v) is 11.9. The van der Waals surface area contributed by atoms with Crippen LogP contribution < -0.4 is 5.32 Å². The first-order valence-corrected chi connectivity index (χ1v) is 7.11. The van der Waals surface area contributed by atoms with Crippen LogP contribution >= 0.6 is 0 Å². The quantitative estimate of drug-likeness (QED) is 0.924. The molecule has 7 heteroatoms. The van der Waals surface area contributed by atoms with Crippen molar-refractivity contribution in [3.63, 3.8) is 0 Å². The summed E-state index contributed by atoms with van der Waals surface area (Å²) >= 11 is 0. The van der Waals surface area contributed by atoms with E-state index >= 15 is 0 Å². The number of tetrazole rings is 1. The number of nitrogens with zero attached hydrogens (tertiary/aromatic N) is 5. The van der Waals surface area contributed by atoms with Crippen molar-refractivity contribution in [2.24, 2.45) is 0 Å². The van der Waals surface area contributed by atoms with E-state index in [9.17, 15) is 4.79 Å². The van der Waals surface area contributed by atoms with Crippen LogP contribution in [0.15, 0.2) is 30.6 Å². The number of carbonyl (C=O) groups is 1. The lowest BCUT2D eigenvalue weighted by Crippen LogP contribution is -2.41. The van der Waals surface area contributed by atoms with Gasteiger partial charge in [0.05, 0.1) is 5.69 Å². The Balaban J connectivity index is 1.70. The number of carbonyl (C=O) groups excluding carboxylic acids is 1. The number of para-hydroxylation sites is 1. The van der Waals surface area contributed by atoms with Crippen molar-refractivity contribution < 1.29 is 4.79 Å². The molecule has 0 unspecified atom stereocenters. The van der Waals surface area contributed by atoms with Crippen molar-refractivity contribution >= 4 is 6.03 Å². The highest BCUT2D eigenvalue weighted by Crippen LogP contribution is 2.17. The van der Waals surface area contributed by atoms with Crippen LogP contribution in [0.3, 0.4) is 0 Å². The SMILES string of the molecule is C[C@@H]1CCCN1C(=O)NCc1ccccc1-n1cnnn1. The molecule has 1 saturated heterocycles. The summed E-state index contributed by atoms with van der Waals surface area (Å²) in [4.78, 5) is 14.1. The maximum absolute atomic E-state index is 12.2. The minimum atomic E-state index is -0.00785. The van der Waals surface area contributed by atoms with Gasteiger partial charge in [-0.1, -0.05) is 18.2 Å². The fourth-order valence-electron chi connectivity index (χ4n) is 2.66. The molecule has 1 N–H and O–H groups in total. The Bertz CT molecular complexity index is 612. The van der Waals surface area contributed by atoms with E-state index in [-0.39, 0.29) is 6.03 Å². The molecule has 1 aromatic carbocycles. The van der Waals surface area contributed by atoms with E-state index in [1.165, 1.54) is 0 Å². The van der Waals surface area contributed by atoms with Crippen molar-refractivity contribution in [2.75, 3.05) is 6.54 Å². The largest absolute Gasteiger partial charge is 0.334 e. The minimum Gasteiger partial charge on any atom is -0.334 e. The van der Waals surface area contributed by atoms with Crippen molar-refractivity contribution in [1.29, 1.82) is 0 Å². The predicted octanol–water partition coefficient (Wildman–Crippen LogP) is 1.36. The van der Waals surface area contributed by atoms with Gasteiger partial charge in [-0.3, -0.25) is 0 Å². The molecule has 0 bridgehead atoms. The van der Waals surface area contributed by atoms with Crippen molar-refractivity contribution in [1.82, 2.24) is 30.4 Å². The lowest BCUT2D eigenvalue weighted by molar-refractivity contribution is 0.195. The first-order valence-electron chi connectivity index (χ1n) is 7.11. The van der Waals surface area contributed by atoms with Crippen LogP contribution in [0, 0.1) is 0 Å². The monoisotopic (exact) mass is 286 g/mol. The summed E-state index contributed by atoms with van der Waals surface area (Å²) in [5.41, 5.74) is 1.85. The van der Waals surface area contributed by atoms with E-state index in [0.717, 1.165) is 30.6 Å². The number of urea groups is 1. The third-order valence-corrected chi connectivity index (χ3v) is 3.83. The van der Waals surface area contributed by atoms with E-state index in [1.807, 2.05) is 29.2 Å². The Morgan fingerprint density at radius 3 is 3.00 bits per heavy atom. The number of aromatic nitrogens is 4. The summed E-state index contributed by atoms with van der Waals surface area (Å²) in [6.45, 7) is 3.38. The summed E-state index contributed by atoms with van der Waals surface area (Å²) in [7, 11) is 0. The highest BCUT2D eigenvalue weighted by molar-refractivity contribution is 5.75. The Labute approximate surface area is 122 Å². The lowest BCUT2D eigenvalue weighted by atomic mass is 10.2. The molecular formula is C14H18N6O. The average Bonchev–Trinajstić information content (AvgIpc) is 3.16. The zero-order valence-electron chi connectivity index (χ0n) is 11.9. The smallest absolute Gasteiger partial charge is 0.317 e. The van der Waals surface area contributed by atoms with Crippen LogP contribution in [0.25, 0.3) is 5.69 Å². The molecule has 1 aliphatic rings. The second-order valence-electron chi connectivity index (χ2n) is 5.23. The van der Waals surface area contributed by atoms with Gasteiger partial charge in [-0.05, 0) is 41.8 Å². The molecule has 1 aliphatic heterocycles. The predicted molar refractivity (Wildman–Crippen MR) is 76.8 cm³/mol. The maximum atomic E-state index is 12.2. The molecule has 0 saturated carbocycles. The number of hydrogen-bond acceptors (Lipinski definition) is 4. The summed E-state index contributed by atoms with van der Waals surface area (Å²) < 4.78 is 1.60. The normalized spacial score (nSPS) is 18.0. The highest BCUT2D eigenvalue weighted by atomic mass is 16.2. The molecular weight excluding hydrogens is 268 g/mol. The topological polar surface area (TPSA) is 75.9 Å². The van der Waals surface area contributed by atoms with E-state index in [0.29, 0.717) is 12.6 Å². The lowest BCUT2D eigenvalue weighted by Gasteiger charge is -2.22. The van der Waals surface area contributed by atoms with E-state index < -0.39 is 0 Å². The van der Waals surface area contributed by atoms with Gasteiger partial charge < -0.3 is 10.2 Å². The number of benzene rings is 1. The van der Waals surface area contributed by atoms with E-state index in [2.05, 4.69) is 27.8 Å². The molecule has 1 fully saturated rings. The van der Waals surface area contributed by atoms with Gasteiger partial charge in [-0.15, -0.1) is 5.10 Å². The molecule has 7 nitrogen and oxygen atoms in total. The molecule has 21 heavy (non-hydrogen) atoms. The molecule has 2 heterocycles. The second kappa shape index (κ2) is 5.90. The van der Waals surface area contributed by atoms with Gasteiger partial charge >= 0.3 is 6.03 Å². The molecule has 110 valence electrons. The van der Waals surface area contributed by atoms with Gasteiger partial charge in [0.2, 0.25) is 0 Å². The van der Waals surface area contributed by atoms with Crippen molar-refractivity contribution in [2.45, 2.75) is 32.4 Å². The fourth-order valence-corrected chi connectivity index (χ4v) is 2.66. The zero-order chi connectivity index (χ0) is 14.7. The molecule has 1 aromatic heterocycles. The van der Waals surface area contributed by atoms with Gasteiger partial charge in [0.15, 0.2) is 0 Å². The van der Waals surface area contributed by atoms with Gasteiger partial charge in [-0.2, -0.15) is 0 Å². The van der Waals surface area contributed by atoms with Crippen molar-refractivity contribution in [3.8, 4) is 5.69 Å². The standard InChI is InChI=1S/C14H18N6O/c1-11-5-4-8-19(11)14(21)15-9-12-6-2-3-7-13(12)20-10-16-17-18-20/h2-3,6-7,10-11H,4-5,8-9H2,1H3,(H,15,21)/t11-/m1/s1. The summed E-state index contributed by atoms with van der Waals surface area (Å²) in [5.74, 6) is 0. The van der Waals surface area contributed by atoms with Crippen LogP contribution in [-0.2, 0) is 6.54 Å². The molecule has 0 radical (unpaired) electrons. The van der Waals surface area contributed by atoms with Crippen molar-refractivity contribution in [3.05, 3.63) is 36.2 Å². The van der Waals surface area contributed by atoms with Gasteiger partial charge in [0.25, 0.3) is 0 Å². The summed E-state index contributed by atoms with van der Waals surface area (Å²) in [5, 5.41) is 14.2. The first kappa shape index (κ1) is 13.5. The summed E-state index contributed by atoms with van der Waals surface area (Å²) in [6, 6.07) is 8.06. The third kappa shape index (κ3) is 2.86. The number of rotatable bonds is 3. The number of nitrogens with one attached hydrogen (secondary N) is 1. The van der Waals surface area contributed by atoms with E-state index in [4.69, 9.17) is 0 Å². The molecule has 0 spiro atoms. The maximum Gasteiger partial charge on any atom is 0.317 e. The first-order chi connectivity index (χ1) is 10.3. The average molecular weight is 286 g/mol. The van der Waals surface area contributed by atoms with Crippen LogP contribution in [0.5, 0.6) is 0 Å². The highest BCUT2D eigenvalue weighted by Gasteiger charge is 2.24. The molecule has 2 aromatic rings. The Hall–Kier alpha value is -2.44. The van der Waals surface area contributed by atoms with Crippen LogP contribution in [0.2, 0.25) is 0 Å². The van der Waals surface area contributed by atoms with Gasteiger partial charge in [0, 0.05) is 19.1 Å². The minimum absolute atomic E-state index is 0.00785. The summed E-state index contributed by atoms with van der Waals surface area (Å²) in [6.07, 6.45) is 3.70. The molecule has 3 rings (SSSR count). The van der Waals surface area contributed by atoms with Crippen LogP contribution in [0.4, 0.5) is 4.79 Å². The number of hydrogen-bond donors (Lipinski definition) is 1. The van der Waals surface area contributed by atoms with Gasteiger partial charge in [0.1, 0.15) is 6.33 Å².